The van der Waals surface area contributed by atoms with Gasteiger partial charge in [0, 0.05) is 31.9 Å². The highest BCUT2D eigenvalue weighted by atomic mass is 16.5. The molecule has 1 aliphatic rings. The van der Waals surface area contributed by atoms with Gasteiger partial charge >= 0.3 is 0 Å². The van der Waals surface area contributed by atoms with E-state index >= 15 is 0 Å². The summed E-state index contributed by atoms with van der Waals surface area (Å²) < 4.78 is 7.80. The number of hydrogen-bond donors (Lipinski definition) is 2. The third-order valence-electron chi connectivity index (χ3n) is 4.36. The Morgan fingerprint density at radius 2 is 2.15 bits per heavy atom. The molecule has 0 bridgehead atoms. The summed E-state index contributed by atoms with van der Waals surface area (Å²) in [7, 11) is 1.94. The number of nitrogens with zero attached hydrogens (tertiary/aromatic N) is 3. The summed E-state index contributed by atoms with van der Waals surface area (Å²) in [5, 5.41) is 10.9. The Labute approximate surface area is 155 Å². The van der Waals surface area contributed by atoms with Crippen LogP contribution in [0.3, 0.4) is 0 Å². The summed E-state index contributed by atoms with van der Waals surface area (Å²) in [5.74, 6) is 2.53. The third-order valence-corrected chi connectivity index (χ3v) is 4.36. The minimum absolute atomic E-state index is 0.600. The molecule has 6 nitrogen and oxygen atoms in total. The lowest BCUT2D eigenvalue weighted by atomic mass is 10.2. The molecule has 1 fully saturated rings. The molecule has 0 unspecified atom stereocenters. The second kappa shape index (κ2) is 9.27. The van der Waals surface area contributed by atoms with Crippen LogP contribution in [0.4, 0.5) is 0 Å². The van der Waals surface area contributed by atoms with Gasteiger partial charge in [0.1, 0.15) is 5.75 Å². The van der Waals surface area contributed by atoms with Crippen molar-refractivity contribution in [2.75, 3.05) is 19.7 Å². The highest BCUT2D eigenvalue weighted by Gasteiger charge is 2.22. The van der Waals surface area contributed by atoms with Crippen molar-refractivity contribution in [2.45, 2.75) is 32.7 Å². The van der Waals surface area contributed by atoms with Crippen molar-refractivity contribution in [2.24, 2.45) is 18.0 Å². The molecule has 1 saturated carbocycles. The van der Waals surface area contributed by atoms with E-state index in [4.69, 9.17) is 9.73 Å². The first-order chi connectivity index (χ1) is 12.7. The molecule has 0 aliphatic heterocycles. The summed E-state index contributed by atoms with van der Waals surface area (Å²) in [6.07, 6.45) is 7.45. The van der Waals surface area contributed by atoms with E-state index in [0.29, 0.717) is 6.54 Å². The fourth-order valence-electron chi connectivity index (χ4n) is 2.70. The minimum Gasteiger partial charge on any atom is -0.493 e. The van der Waals surface area contributed by atoms with Crippen molar-refractivity contribution < 1.29 is 4.74 Å². The quantitative estimate of drug-likeness (QED) is 0.536. The Balaban J connectivity index is 1.54. The lowest BCUT2D eigenvalue weighted by Crippen LogP contribution is -2.38. The molecule has 0 amide bonds. The summed E-state index contributed by atoms with van der Waals surface area (Å²) in [6.45, 7) is 5.15. The number of guanidine groups is 1. The smallest absolute Gasteiger partial charge is 0.191 e. The highest BCUT2D eigenvalue weighted by Crippen LogP contribution is 2.30. The zero-order chi connectivity index (χ0) is 18.2. The summed E-state index contributed by atoms with van der Waals surface area (Å²) >= 11 is 0. The number of aromatic nitrogens is 2. The van der Waals surface area contributed by atoms with Gasteiger partial charge in [-0.25, -0.2) is 4.99 Å². The van der Waals surface area contributed by atoms with Crippen molar-refractivity contribution in [1.29, 1.82) is 0 Å². The fourth-order valence-corrected chi connectivity index (χ4v) is 2.70. The molecular weight excluding hydrogens is 326 g/mol. The van der Waals surface area contributed by atoms with E-state index in [1.165, 1.54) is 18.4 Å². The number of aliphatic imine (C=N–C) groups is 1. The average Bonchev–Trinajstić information content (AvgIpc) is 3.39. The molecule has 0 atom stereocenters. The molecule has 26 heavy (non-hydrogen) atoms. The van der Waals surface area contributed by atoms with Gasteiger partial charge in [-0.3, -0.25) is 4.68 Å². The molecule has 0 saturated heterocycles. The number of nitrogens with one attached hydrogen (secondary N) is 2. The van der Waals surface area contributed by atoms with E-state index in [1.54, 1.807) is 0 Å². The van der Waals surface area contributed by atoms with E-state index in [9.17, 15) is 0 Å². The molecular formula is C20H29N5O. The number of para-hydroxylation sites is 1. The van der Waals surface area contributed by atoms with Crippen LogP contribution < -0.4 is 15.4 Å². The van der Waals surface area contributed by atoms with Gasteiger partial charge in [0.05, 0.1) is 19.3 Å². The predicted octanol–water partition coefficient (Wildman–Crippen LogP) is 2.51. The molecule has 1 heterocycles. The number of benzene rings is 1. The second-order valence-corrected chi connectivity index (χ2v) is 6.76. The molecule has 1 aliphatic carbocycles. The normalized spacial score (nSPS) is 14.3. The second-order valence-electron chi connectivity index (χ2n) is 6.76. The molecule has 1 aromatic heterocycles. The highest BCUT2D eigenvalue weighted by molar-refractivity contribution is 5.79. The molecule has 140 valence electrons. The van der Waals surface area contributed by atoms with Gasteiger partial charge < -0.3 is 15.4 Å². The van der Waals surface area contributed by atoms with Gasteiger partial charge in [0.25, 0.3) is 0 Å². The topological polar surface area (TPSA) is 63.5 Å². The van der Waals surface area contributed by atoms with E-state index < -0.39 is 0 Å². The van der Waals surface area contributed by atoms with Gasteiger partial charge in [-0.1, -0.05) is 18.2 Å². The predicted molar refractivity (Wildman–Crippen MR) is 104 cm³/mol. The van der Waals surface area contributed by atoms with Crippen LogP contribution in [0.2, 0.25) is 0 Å². The van der Waals surface area contributed by atoms with Crippen LogP contribution >= 0.6 is 0 Å². The molecule has 3 rings (SSSR count). The van der Waals surface area contributed by atoms with Crippen LogP contribution in [0.5, 0.6) is 5.75 Å². The maximum atomic E-state index is 5.98. The monoisotopic (exact) mass is 355 g/mol. The van der Waals surface area contributed by atoms with Crippen molar-refractivity contribution in [3.63, 3.8) is 0 Å². The number of hydrogen-bond acceptors (Lipinski definition) is 3. The van der Waals surface area contributed by atoms with Crippen molar-refractivity contribution in [3.8, 4) is 5.75 Å². The van der Waals surface area contributed by atoms with Crippen LogP contribution in [0.1, 0.15) is 30.9 Å². The zero-order valence-corrected chi connectivity index (χ0v) is 15.7. The van der Waals surface area contributed by atoms with E-state index in [2.05, 4.69) is 28.7 Å². The van der Waals surface area contributed by atoms with Gasteiger partial charge in [-0.2, -0.15) is 5.10 Å². The summed E-state index contributed by atoms with van der Waals surface area (Å²) in [5.41, 5.74) is 2.34. The zero-order valence-electron chi connectivity index (χ0n) is 15.7. The maximum Gasteiger partial charge on any atom is 0.191 e. The number of rotatable bonds is 9. The van der Waals surface area contributed by atoms with E-state index in [0.717, 1.165) is 49.3 Å². The van der Waals surface area contributed by atoms with Crippen LogP contribution in [-0.4, -0.2) is 35.4 Å². The first kappa shape index (κ1) is 18.3. The Bertz CT molecular complexity index is 720. The maximum absolute atomic E-state index is 5.98. The SMILES string of the molecule is CCNC(=NCc1ccccc1OCC1CC1)NCCc1cnn(C)c1. The van der Waals surface area contributed by atoms with Crippen LogP contribution in [0.25, 0.3) is 0 Å². The lowest BCUT2D eigenvalue weighted by molar-refractivity contribution is 0.297. The van der Waals surface area contributed by atoms with Gasteiger partial charge in [0.15, 0.2) is 5.96 Å². The lowest BCUT2D eigenvalue weighted by Gasteiger charge is -2.13. The molecule has 0 spiro atoms. The Morgan fingerprint density at radius 1 is 1.31 bits per heavy atom. The molecule has 2 aromatic rings. The molecule has 2 N–H and O–H groups in total. The van der Waals surface area contributed by atoms with Gasteiger partial charge in [0.2, 0.25) is 0 Å². The van der Waals surface area contributed by atoms with E-state index in [1.807, 2.05) is 42.3 Å². The Hall–Kier alpha value is -2.50. The minimum atomic E-state index is 0.600. The Kier molecular flexibility index (Phi) is 6.52. The van der Waals surface area contributed by atoms with Crippen LogP contribution in [0, 0.1) is 5.92 Å². The van der Waals surface area contributed by atoms with Crippen LogP contribution in [0.15, 0.2) is 41.7 Å². The van der Waals surface area contributed by atoms with Crippen molar-refractivity contribution in [3.05, 3.63) is 47.8 Å². The van der Waals surface area contributed by atoms with Gasteiger partial charge in [-0.05, 0) is 43.7 Å². The summed E-state index contributed by atoms with van der Waals surface area (Å²) in [4.78, 5) is 4.72. The standard InChI is InChI=1S/C20H29N5O/c1-3-21-20(22-11-10-17-12-24-25(2)14-17)23-13-18-6-4-5-7-19(18)26-15-16-8-9-16/h4-7,12,14,16H,3,8-11,13,15H2,1-2H3,(H2,21,22,23). The molecule has 6 heteroatoms. The summed E-state index contributed by atoms with van der Waals surface area (Å²) in [6, 6.07) is 8.19. The van der Waals surface area contributed by atoms with Gasteiger partial charge in [-0.15, -0.1) is 0 Å². The molecule has 1 aromatic carbocycles. The Morgan fingerprint density at radius 3 is 2.88 bits per heavy atom. The largest absolute Gasteiger partial charge is 0.493 e. The van der Waals surface area contributed by atoms with Crippen LogP contribution in [-0.2, 0) is 20.0 Å². The molecule has 0 radical (unpaired) electrons. The third kappa shape index (κ3) is 5.79. The van der Waals surface area contributed by atoms with E-state index in [-0.39, 0.29) is 0 Å². The average molecular weight is 355 g/mol. The fraction of sp³-hybridized carbons (Fsp3) is 0.500. The first-order valence-electron chi connectivity index (χ1n) is 9.45. The van der Waals surface area contributed by atoms with Crippen molar-refractivity contribution >= 4 is 5.96 Å². The first-order valence-corrected chi connectivity index (χ1v) is 9.45. The van der Waals surface area contributed by atoms with Crippen molar-refractivity contribution in [1.82, 2.24) is 20.4 Å². The number of ether oxygens (including phenoxy) is 1. The number of aryl methyl sites for hydroxylation is 1.